The first-order valence-corrected chi connectivity index (χ1v) is 6.45. The molecule has 2 atom stereocenters. The molecule has 2 N–H and O–H groups in total. The first-order chi connectivity index (χ1) is 7.12. The van der Waals surface area contributed by atoms with Crippen LogP contribution in [-0.4, -0.2) is 22.4 Å². The first-order valence-electron chi connectivity index (χ1n) is 6.45. The van der Waals surface area contributed by atoms with Gasteiger partial charge >= 0.3 is 0 Å². The molecule has 88 valence electrons. The van der Waals surface area contributed by atoms with Crippen LogP contribution in [0.25, 0.3) is 0 Å². The summed E-state index contributed by atoms with van der Waals surface area (Å²) in [5.74, 6) is 0.745. The predicted molar refractivity (Wildman–Crippen MR) is 60.6 cm³/mol. The molecule has 2 aliphatic rings. The van der Waals surface area contributed by atoms with Crippen molar-refractivity contribution in [2.24, 2.45) is 11.3 Å². The average Bonchev–Trinajstić information content (AvgIpc) is 2.29. The van der Waals surface area contributed by atoms with Gasteiger partial charge in [-0.15, -0.1) is 0 Å². The standard InChI is InChI=1S/C13H24O2/c1-11-4-2-8-13(15,9-5-11)12(10-14)6-3-7-12/h11,14-15H,2-10H2,1H3. The summed E-state index contributed by atoms with van der Waals surface area (Å²) in [5.41, 5.74) is -0.707. The quantitative estimate of drug-likeness (QED) is 0.690. The molecule has 0 radical (unpaired) electrons. The second kappa shape index (κ2) is 4.06. The summed E-state index contributed by atoms with van der Waals surface area (Å²) < 4.78 is 0. The fourth-order valence-electron chi connectivity index (χ4n) is 3.40. The third-order valence-electron chi connectivity index (χ3n) is 4.94. The maximum absolute atomic E-state index is 10.8. The van der Waals surface area contributed by atoms with Crippen molar-refractivity contribution in [3.05, 3.63) is 0 Å². The van der Waals surface area contributed by atoms with Gasteiger partial charge in [-0.25, -0.2) is 0 Å². The van der Waals surface area contributed by atoms with Gasteiger partial charge in [-0.3, -0.25) is 0 Å². The summed E-state index contributed by atoms with van der Waals surface area (Å²) >= 11 is 0. The van der Waals surface area contributed by atoms with E-state index in [0.717, 1.165) is 44.4 Å². The van der Waals surface area contributed by atoms with E-state index in [1.165, 1.54) is 12.8 Å². The summed E-state index contributed by atoms with van der Waals surface area (Å²) in [5, 5.41) is 20.3. The molecule has 0 heterocycles. The highest BCUT2D eigenvalue weighted by molar-refractivity contribution is 5.04. The summed E-state index contributed by atoms with van der Waals surface area (Å²) in [6, 6.07) is 0. The lowest BCUT2D eigenvalue weighted by Gasteiger charge is -2.52. The van der Waals surface area contributed by atoms with Crippen LogP contribution in [-0.2, 0) is 0 Å². The van der Waals surface area contributed by atoms with Crippen LogP contribution in [0.3, 0.4) is 0 Å². The Hall–Kier alpha value is -0.0800. The minimum absolute atomic E-state index is 0.142. The SMILES string of the molecule is CC1CCCC(O)(C2(CO)CCC2)CC1. The highest BCUT2D eigenvalue weighted by Crippen LogP contribution is 2.54. The van der Waals surface area contributed by atoms with E-state index >= 15 is 0 Å². The van der Waals surface area contributed by atoms with E-state index in [1.54, 1.807) is 0 Å². The average molecular weight is 212 g/mol. The lowest BCUT2D eigenvalue weighted by atomic mass is 9.57. The summed E-state index contributed by atoms with van der Waals surface area (Å²) in [4.78, 5) is 0. The van der Waals surface area contributed by atoms with Gasteiger partial charge in [0, 0.05) is 5.41 Å². The first kappa shape index (κ1) is 11.4. The molecule has 2 rings (SSSR count). The molecule has 0 aliphatic heterocycles. The molecule has 0 aromatic rings. The van der Waals surface area contributed by atoms with Crippen LogP contribution in [0, 0.1) is 11.3 Å². The maximum Gasteiger partial charge on any atom is 0.0725 e. The largest absolute Gasteiger partial charge is 0.396 e. The Kier molecular flexibility index (Phi) is 3.09. The predicted octanol–water partition coefficient (Wildman–Crippen LogP) is 2.48. The van der Waals surface area contributed by atoms with Crippen LogP contribution in [0.1, 0.15) is 58.3 Å². The Morgan fingerprint density at radius 2 is 1.80 bits per heavy atom. The van der Waals surface area contributed by atoms with Crippen molar-refractivity contribution in [2.45, 2.75) is 63.9 Å². The van der Waals surface area contributed by atoms with Gasteiger partial charge in [0.05, 0.1) is 12.2 Å². The van der Waals surface area contributed by atoms with Crippen LogP contribution >= 0.6 is 0 Å². The molecule has 2 aliphatic carbocycles. The Morgan fingerprint density at radius 1 is 1.07 bits per heavy atom. The molecule has 15 heavy (non-hydrogen) atoms. The topological polar surface area (TPSA) is 40.5 Å². The molecule has 2 fully saturated rings. The number of hydrogen-bond donors (Lipinski definition) is 2. The highest BCUT2D eigenvalue weighted by atomic mass is 16.3. The molecule has 0 bridgehead atoms. The van der Waals surface area contributed by atoms with Gasteiger partial charge in [-0.2, -0.15) is 0 Å². The van der Waals surface area contributed by atoms with E-state index in [2.05, 4.69) is 6.92 Å². The molecule has 0 aromatic carbocycles. The van der Waals surface area contributed by atoms with Crippen molar-refractivity contribution >= 4 is 0 Å². The molecular formula is C13H24O2. The van der Waals surface area contributed by atoms with Gasteiger partial charge in [-0.05, 0) is 38.0 Å². The number of hydrogen-bond acceptors (Lipinski definition) is 2. The van der Waals surface area contributed by atoms with E-state index in [0.29, 0.717) is 0 Å². The molecule has 0 aromatic heterocycles. The fourth-order valence-corrected chi connectivity index (χ4v) is 3.40. The van der Waals surface area contributed by atoms with Crippen molar-refractivity contribution in [1.82, 2.24) is 0 Å². The smallest absolute Gasteiger partial charge is 0.0725 e. The third-order valence-corrected chi connectivity index (χ3v) is 4.94. The fraction of sp³-hybridized carbons (Fsp3) is 1.00. The van der Waals surface area contributed by atoms with Crippen LogP contribution in [0.2, 0.25) is 0 Å². The molecule has 2 unspecified atom stereocenters. The zero-order valence-electron chi connectivity index (χ0n) is 9.84. The van der Waals surface area contributed by atoms with Gasteiger partial charge < -0.3 is 10.2 Å². The minimum atomic E-state index is -0.565. The molecule has 0 saturated heterocycles. The normalized spacial score (nSPS) is 40.6. The second-order valence-corrected chi connectivity index (χ2v) is 5.86. The van der Waals surface area contributed by atoms with Gasteiger partial charge in [0.2, 0.25) is 0 Å². The van der Waals surface area contributed by atoms with Gasteiger partial charge in [-0.1, -0.05) is 26.2 Å². The Balaban J connectivity index is 2.10. The van der Waals surface area contributed by atoms with Crippen molar-refractivity contribution in [2.75, 3.05) is 6.61 Å². The van der Waals surface area contributed by atoms with Crippen molar-refractivity contribution in [1.29, 1.82) is 0 Å². The second-order valence-electron chi connectivity index (χ2n) is 5.86. The Morgan fingerprint density at radius 3 is 2.33 bits per heavy atom. The molecule has 2 nitrogen and oxygen atoms in total. The molecular weight excluding hydrogens is 188 g/mol. The van der Waals surface area contributed by atoms with E-state index in [9.17, 15) is 10.2 Å². The summed E-state index contributed by atoms with van der Waals surface area (Å²) in [6.45, 7) is 2.45. The summed E-state index contributed by atoms with van der Waals surface area (Å²) in [7, 11) is 0. The lowest BCUT2D eigenvalue weighted by Crippen LogP contribution is -2.54. The zero-order chi connectivity index (χ0) is 10.9. The van der Waals surface area contributed by atoms with Crippen molar-refractivity contribution < 1.29 is 10.2 Å². The van der Waals surface area contributed by atoms with Crippen LogP contribution in [0.15, 0.2) is 0 Å². The van der Waals surface area contributed by atoms with Crippen LogP contribution in [0.5, 0.6) is 0 Å². The van der Waals surface area contributed by atoms with Crippen molar-refractivity contribution in [3.8, 4) is 0 Å². The van der Waals surface area contributed by atoms with Crippen molar-refractivity contribution in [3.63, 3.8) is 0 Å². The monoisotopic (exact) mass is 212 g/mol. The zero-order valence-corrected chi connectivity index (χ0v) is 9.84. The number of rotatable bonds is 2. The Bertz CT molecular complexity index is 217. The highest BCUT2D eigenvalue weighted by Gasteiger charge is 2.53. The van der Waals surface area contributed by atoms with E-state index < -0.39 is 5.60 Å². The third kappa shape index (κ3) is 1.83. The molecule has 2 heteroatoms. The van der Waals surface area contributed by atoms with E-state index in [1.807, 2.05) is 0 Å². The molecule has 2 saturated carbocycles. The van der Waals surface area contributed by atoms with Gasteiger partial charge in [0.1, 0.15) is 0 Å². The van der Waals surface area contributed by atoms with Crippen LogP contribution < -0.4 is 0 Å². The maximum atomic E-state index is 10.8. The van der Waals surface area contributed by atoms with Gasteiger partial charge in [0.25, 0.3) is 0 Å². The minimum Gasteiger partial charge on any atom is -0.396 e. The van der Waals surface area contributed by atoms with Gasteiger partial charge in [0.15, 0.2) is 0 Å². The van der Waals surface area contributed by atoms with E-state index in [-0.39, 0.29) is 12.0 Å². The summed E-state index contributed by atoms with van der Waals surface area (Å²) in [6.07, 6.45) is 8.51. The Labute approximate surface area is 92.7 Å². The number of aliphatic hydroxyl groups is 2. The molecule has 0 amide bonds. The number of aliphatic hydroxyl groups excluding tert-OH is 1. The van der Waals surface area contributed by atoms with E-state index in [4.69, 9.17) is 0 Å². The molecule has 0 spiro atoms. The van der Waals surface area contributed by atoms with Crippen LogP contribution in [0.4, 0.5) is 0 Å². The lowest BCUT2D eigenvalue weighted by molar-refractivity contribution is -0.158.